The lowest BCUT2D eigenvalue weighted by Gasteiger charge is -2.26. The summed E-state index contributed by atoms with van der Waals surface area (Å²) in [5.74, 6) is -4.99. The molecule has 1 aliphatic carbocycles. The van der Waals surface area contributed by atoms with Crippen molar-refractivity contribution >= 4 is 58.5 Å². The SMILES string of the molecule is CC(C)[C@H](NC(=O)C1(NC(=O)/C=C/c2cc(Cl)cc(Cl)c2)CC1c1ccc(Cl)cc1)C(=O)C(F)(F)F. The average molecular weight is 562 g/mol. The molecule has 0 heterocycles. The molecule has 0 saturated heterocycles. The monoisotopic (exact) mass is 560 g/mol. The molecule has 1 saturated carbocycles. The molecule has 0 radical (unpaired) electrons. The van der Waals surface area contributed by atoms with Gasteiger partial charge in [0.15, 0.2) is 0 Å². The highest BCUT2D eigenvalue weighted by Crippen LogP contribution is 2.52. The fraction of sp³-hybridized carbons (Fsp3) is 0.320. The molecule has 2 unspecified atom stereocenters. The van der Waals surface area contributed by atoms with Crippen LogP contribution in [-0.2, 0) is 14.4 Å². The van der Waals surface area contributed by atoms with Gasteiger partial charge in [0.25, 0.3) is 5.78 Å². The van der Waals surface area contributed by atoms with Gasteiger partial charge < -0.3 is 10.6 Å². The zero-order chi connectivity index (χ0) is 26.8. The Morgan fingerprint density at radius 2 is 1.58 bits per heavy atom. The summed E-state index contributed by atoms with van der Waals surface area (Å²) in [6.45, 7) is 2.78. The normalized spacial score (nSPS) is 20.3. The lowest BCUT2D eigenvalue weighted by molar-refractivity contribution is -0.175. The van der Waals surface area contributed by atoms with Crippen LogP contribution in [0.1, 0.15) is 37.3 Å². The van der Waals surface area contributed by atoms with E-state index in [9.17, 15) is 27.6 Å². The highest BCUT2D eigenvalue weighted by molar-refractivity contribution is 6.34. The zero-order valence-corrected chi connectivity index (χ0v) is 21.4. The molecule has 2 aromatic rings. The predicted octanol–water partition coefficient (Wildman–Crippen LogP) is 5.97. The van der Waals surface area contributed by atoms with Gasteiger partial charge in [-0.2, -0.15) is 13.2 Å². The van der Waals surface area contributed by atoms with Crippen LogP contribution in [0.15, 0.2) is 48.5 Å². The molecular formula is C25H22Cl3F3N2O3. The largest absolute Gasteiger partial charge is 0.452 e. The van der Waals surface area contributed by atoms with Gasteiger partial charge in [0.05, 0.1) is 6.04 Å². The molecule has 2 aromatic carbocycles. The summed E-state index contributed by atoms with van der Waals surface area (Å²) in [7, 11) is 0. The summed E-state index contributed by atoms with van der Waals surface area (Å²) in [6, 6.07) is 9.40. The van der Waals surface area contributed by atoms with E-state index < -0.39 is 47.2 Å². The number of carbonyl (C=O) groups excluding carboxylic acids is 3. The first-order valence-electron chi connectivity index (χ1n) is 10.9. The molecule has 192 valence electrons. The third kappa shape index (κ3) is 6.60. The molecular weight excluding hydrogens is 540 g/mol. The van der Waals surface area contributed by atoms with E-state index in [1.54, 1.807) is 36.4 Å². The van der Waals surface area contributed by atoms with Crippen LogP contribution < -0.4 is 10.6 Å². The van der Waals surface area contributed by atoms with Gasteiger partial charge in [0.1, 0.15) is 5.54 Å². The van der Waals surface area contributed by atoms with Crippen molar-refractivity contribution in [3.63, 3.8) is 0 Å². The molecule has 2 N–H and O–H groups in total. The number of carbonyl (C=O) groups is 3. The summed E-state index contributed by atoms with van der Waals surface area (Å²) in [4.78, 5) is 38.0. The smallest absolute Gasteiger partial charge is 0.344 e. The number of nitrogens with one attached hydrogen (secondary N) is 2. The fourth-order valence-corrected chi connectivity index (χ4v) is 4.56. The first kappa shape index (κ1) is 28.0. The van der Waals surface area contributed by atoms with E-state index in [-0.39, 0.29) is 6.42 Å². The number of Topliss-reactive ketones (excluding diaryl/α,β-unsaturated/α-hetero) is 1. The third-order valence-electron chi connectivity index (χ3n) is 5.81. The number of halogens is 6. The zero-order valence-electron chi connectivity index (χ0n) is 19.1. The number of alkyl halides is 3. The van der Waals surface area contributed by atoms with Gasteiger partial charge in [-0.1, -0.05) is 60.8 Å². The molecule has 0 bridgehead atoms. The second kappa shape index (κ2) is 10.8. The van der Waals surface area contributed by atoms with Crippen molar-refractivity contribution in [2.24, 2.45) is 5.92 Å². The van der Waals surface area contributed by atoms with Crippen molar-refractivity contribution in [1.29, 1.82) is 0 Å². The molecule has 1 fully saturated rings. The topological polar surface area (TPSA) is 75.3 Å². The molecule has 0 aromatic heterocycles. The maximum absolute atomic E-state index is 13.3. The van der Waals surface area contributed by atoms with Crippen molar-refractivity contribution < 1.29 is 27.6 Å². The van der Waals surface area contributed by atoms with Crippen molar-refractivity contribution in [1.82, 2.24) is 10.6 Å². The summed E-state index contributed by atoms with van der Waals surface area (Å²) >= 11 is 17.9. The number of rotatable bonds is 8. The van der Waals surface area contributed by atoms with Gasteiger partial charge in [-0.25, -0.2) is 0 Å². The van der Waals surface area contributed by atoms with E-state index in [4.69, 9.17) is 34.8 Å². The van der Waals surface area contributed by atoms with Gasteiger partial charge in [-0.3, -0.25) is 14.4 Å². The minimum Gasteiger partial charge on any atom is -0.344 e. The molecule has 36 heavy (non-hydrogen) atoms. The highest BCUT2D eigenvalue weighted by Gasteiger charge is 2.62. The summed E-state index contributed by atoms with van der Waals surface area (Å²) in [5.41, 5.74) is -0.370. The molecule has 3 atom stereocenters. The van der Waals surface area contributed by atoms with Crippen LogP contribution in [0.2, 0.25) is 15.1 Å². The van der Waals surface area contributed by atoms with Gasteiger partial charge in [0.2, 0.25) is 11.8 Å². The first-order valence-corrected chi connectivity index (χ1v) is 12.0. The average Bonchev–Trinajstić information content (AvgIpc) is 3.49. The second-order valence-corrected chi connectivity index (χ2v) is 10.2. The Kier molecular flexibility index (Phi) is 8.43. The molecule has 2 amide bonds. The molecule has 1 aliphatic rings. The first-order chi connectivity index (χ1) is 16.7. The van der Waals surface area contributed by atoms with Crippen LogP contribution in [-0.4, -0.2) is 35.4 Å². The quantitative estimate of drug-likeness (QED) is 0.390. The molecule has 11 heteroatoms. The second-order valence-electron chi connectivity index (χ2n) is 8.86. The predicted molar refractivity (Wildman–Crippen MR) is 133 cm³/mol. The Labute approximate surface area is 221 Å². The van der Waals surface area contributed by atoms with E-state index in [0.29, 0.717) is 26.2 Å². The lowest BCUT2D eigenvalue weighted by Crippen LogP contribution is -2.57. The Morgan fingerprint density at radius 1 is 1.00 bits per heavy atom. The number of hydrogen-bond acceptors (Lipinski definition) is 3. The fourth-order valence-electron chi connectivity index (χ4n) is 3.89. The van der Waals surface area contributed by atoms with Gasteiger partial charge in [-0.05, 0) is 59.9 Å². The Balaban J connectivity index is 1.87. The molecule has 5 nitrogen and oxygen atoms in total. The molecule has 0 spiro atoms. The Bertz CT molecular complexity index is 1180. The lowest BCUT2D eigenvalue weighted by atomic mass is 9.98. The van der Waals surface area contributed by atoms with Gasteiger partial charge >= 0.3 is 6.18 Å². The summed E-state index contributed by atoms with van der Waals surface area (Å²) in [5, 5.41) is 6.02. The molecule has 3 rings (SSSR count). The van der Waals surface area contributed by atoms with Crippen molar-refractivity contribution in [3.05, 3.63) is 74.7 Å². The van der Waals surface area contributed by atoms with Crippen LogP contribution in [0.3, 0.4) is 0 Å². The van der Waals surface area contributed by atoms with E-state index >= 15 is 0 Å². The van der Waals surface area contributed by atoms with E-state index in [1.165, 1.54) is 26.0 Å². The van der Waals surface area contributed by atoms with Crippen molar-refractivity contribution in [2.75, 3.05) is 0 Å². The van der Waals surface area contributed by atoms with E-state index in [1.807, 2.05) is 0 Å². The maximum Gasteiger partial charge on any atom is 0.452 e. The minimum absolute atomic E-state index is 0.119. The number of ketones is 1. The van der Waals surface area contributed by atoms with Crippen LogP contribution in [0.4, 0.5) is 13.2 Å². The number of amides is 2. The van der Waals surface area contributed by atoms with E-state index in [0.717, 1.165) is 6.08 Å². The van der Waals surface area contributed by atoms with Gasteiger partial charge in [-0.15, -0.1) is 0 Å². The van der Waals surface area contributed by atoms with Crippen molar-refractivity contribution in [3.8, 4) is 0 Å². The van der Waals surface area contributed by atoms with Crippen LogP contribution in [0.5, 0.6) is 0 Å². The van der Waals surface area contributed by atoms with Crippen LogP contribution in [0.25, 0.3) is 6.08 Å². The van der Waals surface area contributed by atoms with Crippen LogP contribution >= 0.6 is 34.8 Å². The Morgan fingerprint density at radius 3 is 2.11 bits per heavy atom. The van der Waals surface area contributed by atoms with Crippen LogP contribution in [0, 0.1) is 5.92 Å². The molecule has 0 aliphatic heterocycles. The number of hydrogen-bond donors (Lipinski definition) is 2. The summed E-state index contributed by atoms with van der Waals surface area (Å²) in [6.07, 6.45) is -2.41. The van der Waals surface area contributed by atoms with E-state index in [2.05, 4.69) is 10.6 Å². The number of benzene rings is 2. The van der Waals surface area contributed by atoms with Gasteiger partial charge in [0, 0.05) is 27.1 Å². The maximum atomic E-state index is 13.3. The highest BCUT2D eigenvalue weighted by atomic mass is 35.5. The summed E-state index contributed by atoms with van der Waals surface area (Å²) < 4.78 is 39.4. The minimum atomic E-state index is -5.13. The van der Waals surface area contributed by atoms with Crippen molar-refractivity contribution in [2.45, 2.75) is 43.9 Å². The Hall–Kier alpha value is -2.55. The third-order valence-corrected chi connectivity index (χ3v) is 6.50. The standard InChI is InChI=1S/C25H22Cl3F3N2O3/c1-13(2)21(22(35)25(29,30)31)32-23(36)24(12-19(24)15-4-6-16(26)7-5-15)33-20(34)8-3-14-9-17(27)11-18(28)10-14/h3-11,13,19,21H,12H2,1-2H3,(H,32,36)(H,33,34)/b8-3+/t19?,21-,24?/m0/s1.